The highest BCUT2D eigenvalue weighted by atomic mass is 127. The van der Waals surface area contributed by atoms with Crippen LogP contribution < -0.4 is 28.5 Å². The van der Waals surface area contributed by atoms with E-state index in [1.54, 1.807) is 5.56 Å². The minimum Gasteiger partial charge on any atom is -1.00 e. The zero-order chi connectivity index (χ0) is 12.1. The molecule has 98 valence electrons. The number of aromatic amines is 1. The fraction of sp³-hybridized carbons (Fsp3) is 0.312. The minimum absolute atomic E-state index is 0. The second kappa shape index (κ2) is 4.78. The van der Waals surface area contributed by atoms with Gasteiger partial charge in [0.05, 0.1) is 10.9 Å². The van der Waals surface area contributed by atoms with Crippen molar-refractivity contribution in [2.75, 3.05) is 0 Å². The van der Waals surface area contributed by atoms with E-state index in [-0.39, 0.29) is 24.0 Å². The van der Waals surface area contributed by atoms with Gasteiger partial charge in [0.1, 0.15) is 7.05 Å². The van der Waals surface area contributed by atoms with E-state index in [1.165, 1.54) is 53.2 Å². The summed E-state index contributed by atoms with van der Waals surface area (Å²) in [5.41, 5.74) is 5.65. The van der Waals surface area contributed by atoms with Crippen LogP contribution in [0.1, 0.15) is 24.1 Å². The normalized spacial score (nSPS) is 14.4. The fourth-order valence-corrected chi connectivity index (χ4v) is 3.31. The standard InChI is InChI=1S/C16H16N2.HI/c1-18-10-4-6-13-15(18)9-8-12-11-5-2-3-7-14(11)17-16(12)13;/h4,6,8-10H,2-3,5,7H2,1H3;1H. The van der Waals surface area contributed by atoms with Gasteiger partial charge in [-0.05, 0) is 43.4 Å². The van der Waals surface area contributed by atoms with Crippen molar-refractivity contribution in [1.82, 2.24) is 4.98 Å². The summed E-state index contributed by atoms with van der Waals surface area (Å²) in [5.74, 6) is 0. The molecule has 0 atom stereocenters. The Bertz CT molecular complexity index is 758. The molecule has 2 heterocycles. The summed E-state index contributed by atoms with van der Waals surface area (Å²) in [5, 5.41) is 2.77. The van der Waals surface area contributed by atoms with Crippen molar-refractivity contribution in [1.29, 1.82) is 0 Å². The van der Waals surface area contributed by atoms with Crippen LogP contribution in [-0.2, 0) is 19.9 Å². The Hall–Kier alpha value is -1.10. The van der Waals surface area contributed by atoms with Crippen LogP contribution in [0.2, 0.25) is 0 Å². The molecule has 0 saturated heterocycles. The van der Waals surface area contributed by atoms with Gasteiger partial charge in [-0.1, -0.05) is 0 Å². The van der Waals surface area contributed by atoms with Gasteiger partial charge in [-0.2, -0.15) is 0 Å². The Morgan fingerprint density at radius 1 is 1.05 bits per heavy atom. The Kier molecular flexibility index (Phi) is 3.25. The lowest BCUT2D eigenvalue weighted by Gasteiger charge is -2.10. The number of pyridine rings is 1. The van der Waals surface area contributed by atoms with Crippen molar-refractivity contribution in [2.24, 2.45) is 7.05 Å². The summed E-state index contributed by atoms with van der Waals surface area (Å²) in [6.07, 6.45) is 7.22. The van der Waals surface area contributed by atoms with Crippen LogP contribution in [0.4, 0.5) is 0 Å². The number of benzene rings is 1. The first kappa shape index (κ1) is 12.9. The van der Waals surface area contributed by atoms with Crippen LogP contribution in [0.5, 0.6) is 0 Å². The summed E-state index contributed by atoms with van der Waals surface area (Å²) in [4.78, 5) is 3.67. The van der Waals surface area contributed by atoms with Crippen molar-refractivity contribution in [3.8, 4) is 0 Å². The molecule has 1 aliphatic rings. The van der Waals surface area contributed by atoms with Gasteiger partial charge in [0.2, 0.25) is 5.52 Å². The largest absolute Gasteiger partial charge is 1.00 e. The average molecular weight is 364 g/mol. The molecule has 1 aliphatic carbocycles. The number of hydrogen-bond donors (Lipinski definition) is 1. The van der Waals surface area contributed by atoms with E-state index in [1.807, 2.05) is 0 Å². The Balaban J connectivity index is 0.00000110. The molecular formula is C16H17IN2. The quantitative estimate of drug-likeness (QED) is 0.429. The molecule has 2 aromatic heterocycles. The number of nitrogens with zero attached hydrogens (tertiary/aromatic N) is 1. The smallest absolute Gasteiger partial charge is 0.214 e. The van der Waals surface area contributed by atoms with Crippen LogP contribution in [0, 0.1) is 0 Å². The molecule has 1 N–H and O–H groups in total. The van der Waals surface area contributed by atoms with Gasteiger partial charge in [-0.3, -0.25) is 0 Å². The van der Waals surface area contributed by atoms with Crippen LogP contribution >= 0.6 is 0 Å². The van der Waals surface area contributed by atoms with Gasteiger partial charge < -0.3 is 29.0 Å². The van der Waals surface area contributed by atoms with Gasteiger partial charge in [0.15, 0.2) is 6.20 Å². The van der Waals surface area contributed by atoms with E-state index >= 15 is 0 Å². The summed E-state index contributed by atoms with van der Waals surface area (Å²) in [6, 6.07) is 8.89. The van der Waals surface area contributed by atoms with E-state index in [0.717, 1.165) is 0 Å². The molecule has 0 radical (unpaired) electrons. The zero-order valence-corrected chi connectivity index (χ0v) is 13.2. The molecule has 4 rings (SSSR count). The summed E-state index contributed by atoms with van der Waals surface area (Å²) in [6.45, 7) is 0. The number of fused-ring (bicyclic) bond motifs is 5. The molecule has 0 spiro atoms. The molecule has 0 fully saturated rings. The predicted octanol–water partition coefficient (Wildman–Crippen LogP) is 0.0284. The third-order valence-electron chi connectivity index (χ3n) is 4.24. The Morgan fingerprint density at radius 3 is 2.79 bits per heavy atom. The number of hydrogen-bond acceptors (Lipinski definition) is 0. The van der Waals surface area contributed by atoms with Gasteiger partial charge in [0.25, 0.3) is 0 Å². The summed E-state index contributed by atoms with van der Waals surface area (Å²) in [7, 11) is 2.11. The maximum atomic E-state index is 3.67. The molecule has 19 heavy (non-hydrogen) atoms. The van der Waals surface area contributed by atoms with E-state index in [9.17, 15) is 0 Å². The molecule has 0 aliphatic heterocycles. The maximum absolute atomic E-state index is 3.67. The molecule has 3 heteroatoms. The highest BCUT2D eigenvalue weighted by Crippen LogP contribution is 2.32. The fourth-order valence-electron chi connectivity index (χ4n) is 3.31. The number of aromatic nitrogens is 2. The lowest BCUT2D eigenvalue weighted by molar-refractivity contribution is -0.644. The van der Waals surface area contributed by atoms with E-state index in [2.05, 4.69) is 47.1 Å². The highest BCUT2D eigenvalue weighted by molar-refractivity contribution is 6.04. The molecule has 3 aromatic rings. The zero-order valence-electron chi connectivity index (χ0n) is 11.0. The third-order valence-corrected chi connectivity index (χ3v) is 4.24. The van der Waals surface area contributed by atoms with Gasteiger partial charge in [-0.15, -0.1) is 0 Å². The average Bonchev–Trinajstić information content (AvgIpc) is 2.78. The molecule has 0 unspecified atom stereocenters. The van der Waals surface area contributed by atoms with Crippen LogP contribution in [0.25, 0.3) is 21.8 Å². The SMILES string of the molecule is C[n+]1cccc2c3[nH]c4c(c3ccc21)CCCC4.[I-]. The molecule has 0 bridgehead atoms. The summed E-state index contributed by atoms with van der Waals surface area (Å²) < 4.78 is 2.19. The Morgan fingerprint density at radius 2 is 1.89 bits per heavy atom. The predicted molar refractivity (Wildman–Crippen MR) is 73.6 cm³/mol. The lowest BCUT2D eigenvalue weighted by atomic mass is 9.95. The van der Waals surface area contributed by atoms with E-state index in [4.69, 9.17) is 0 Å². The lowest BCUT2D eigenvalue weighted by Crippen LogP contribution is -3.00. The van der Waals surface area contributed by atoms with Gasteiger partial charge in [0, 0.05) is 23.2 Å². The van der Waals surface area contributed by atoms with Gasteiger partial charge >= 0.3 is 0 Å². The van der Waals surface area contributed by atoms with Crippen molar-refractivity contribution in [2.45, 2.75) is 25.7 Å². The summed E-state index contributed by atoms with van der Waals surface area (Å²) >= 11 is 0. The van der Waals surface area contributed by atoms with Crippen molar-refractivity contribution in [3.63, 3.8) is 0 Å². The van der Waals surface area contributed by atoms with Crippen LogP contribution in [-0.4, -0.2) is 4.98 Å². The second-order valence-corrected chi connectivity index (χ2v) is 5.33. The first-order valence-electron chi connectivity index (χ1n) is 6.75. The highest BCUT2D eigenvalue weighted by Gasteiger charge is 2.18. The van der Waals surface area contributed by atoms with Crippen LogP contribution in [0.3, 0.4) is 0 Å². The minimum atomic E-state index is 0. The third kappa shape index (κ3) is 1.86. The maximum Gasteiger partial charge on any atom is 0.214 e. The van der Waals surface area contributed by atoms with Crippen LogP contribution in [0.15, 0.2) is 30.5 Å². The van der Waals surface area contributed by atoms with Gasteiger partial charge in [-0.25, -0.2) is 4.57 Å². The number of nitrogens with one attached hydrogen (secondary N) is 1. The topological polar surface area (TPSA) is 19.7 Å². The number of halogens is 1. The number of aryl methyl sites for hydroxylation is 3. The molecular weight excluding hydrogens is 347 g/mol. The first-order chi connectivity index (χ1) is 8.84. The van der Waals surface area contributed by atoms with Crippen molar-refractivity contribution < 1.29 is 28.5 Å². The molecule has 2 nitrogen and oxygen atoms in total. The van der Waals surface area contributed by atoms with Crippen molar-refractivity contribution >= 4 is 21.8 Å². The number of H-pyrrole nitrogens is 1. The molecule has 0 saturated carbocycles. The second-order valence-electron chi connectivity index (χ2n) is 5.33. The monoisotopic (exact) mass is 364 g/mol. The molecule has 1 aromatic carbocycles. The Labute approximate surface area is 129 Å². The van der Waals surface area contributed by atoms with E-state index in [0.29, 0.717) is 0 Å². The molecule has 0 amide bonds. The first-order valence-corrected chi connectivity index (χ1v) is 6.75. The number of rotatable bonds is 0. The van der Waals surface area contributed by atoms with Crippen molar-refractivity contribution in [3.05, 3.63) is 41.7 Å². The van der Waals surface area contributed by atoms with E-state index < -0.39 is 0 Å².